The first kappa shape index (κ1) is 16.3. The van der Waals surface area contributed by atoms with Crippen molar-refractivity contribution >= 4 is 5.91 Å². The lowest BCUT2D eigenvalue weighted by molar-refractivity contribution is -0.120. The third-order valence-corrected chi connectivity index (χ3v) is 4.09. The van der Waals surface area contributed by atoms with Gasteiger partial charge < -0.3 is 19.9 Å². The number of benzene rings is 2. The summed E-state index contributed by atoms with van der Waals surface area (Å²) in [4.78, 5) is 12.1. The molecule has 24 heavy (non-hydrogen) atoms. The first-order valence-corrected chi connectivity index (χ1v) is 7.99. The highest BCUT2D eigenvalue weighted by atomic mass is 16.5. The van der Waals surface area contributed by atoms with E-state index in [4.69, 9.17) is 9.47 Å². The minimum Gasteiger partial charge on any atom is -0.497 e. The molecule has 126 valence electrons. The highest BCUT2D eigenvalue weighted by Gasteiger charge is 2.16. The lowest BCUT2D eigenvalue weighted by atomic mass is 10.0. The zero-order valence-electron chi connectivity index (χ0n) is 13.6. The molecule has 0 aromatic heterocycles. The van der Waals surface area contributed by atoms with E-state index in [1.807, 2.05) is 42.5 Å². The topological polar surface area (TPSA) is 67.8 Å². The second-order valence-electron chi connectivity index (χ2n) is 5.81. The molecule has 0 aliphatic carbocycles. The van der Waals surface area contributed by atoms with Crippen molar-refractivity contribution in [3.63, 3.8) is 0 Å². The predicted octanol–water partition coefficient (Wildman–Crippen LogP) is 2.02. The van der Waals surface area contributed by atoms with Crippen LogP contribution in [0.5, 0.6) is 11.5 Å². The summed E-state index contributed by atoms with van der Waals surface area (Å²) in [5.74, 6) is 1.47. The molecule has 1 aliphatic heterocycles. The Morgan fingerprint density at radius 1 is 1.33 bits per heavy atom. The molecule has 2 N–H and O–H groups in total. The van der Waals surface area contributed by atoms with Crippen molar-refractivity contribution in [2.45, 2.75) is 18.9 Å². The first-order chi connectivity index (χ1) is 11.7. The van der Waals surface area contributed by atoms with Gasteiger partial charge in [0, 0.05) is 13.0 Å². The van der Waals surface area contributed by atoms with Crippen molar-refractivity contribution in [3.05, 3.63) is 59.2 Å². The van der Waals surface area contributed by atoms with Crippen LogP contribution in [0, 0.1) is 0 Å². The minimum atomic E-state index is -0.731. The number of aliphatic hydroxyl groups is 1. The van der Waals surface area contributed by atoms with Crippen molar-refractivity contribution in [3.8, 4) is 11.5 Å². The Balaban J connectivity index is 1.53. The fourth-order valence-corrected chi connectivity index (χ4v) is 2.77. The summed E-state index contributed by atoms with van der Waals surface area (Å²) in [6.07, 6.45) is 0.380. The Kier molecular flexibility index (Phi) is 5.01. The van der Waals surface area contributed by atoms with Crippen LogP contribution in [0.4, 0.5) is 0 Å². The summed E-state index contributed by atoms with van der Waals surface area (Å²) in [7, 11) is 1.59. The molecule has 0 bridgehead atoms. The van der Waals surface area contributed by atoms with Crippen LogP contribution in [0.15, 0.2) is 42.5 Å². The maximum Gasteiger partial charge on any atom is 0.224 e. The molecule has 2 aromatic carbocycles. The molecule has 0 radical (unpaired) electrons. The molecule has 0 fully saturated rings. The maximum absolute atomic E-state index is 12.1. The van der Waals surface area contributed by atoms with Gasteiger partial charge >= 0.3 is 0 Å². The van der Waals surface area contributed by atoms with Crippen LogP contribution in [0.3, 0.4) is 0 Å². The van der Waals surface area contributed by atoms with Gasteiger partial charge in [-0.1, -0.05) is 18.2 Å². The Hall–Kier alpha value is -2.53. The van der Waals surface area contributed by atoms with Crippen molar-refractivity contribution in [2.24, 2.45) is 0 Å². The molecule has 0 saturated carbocycles. The standard InChI is InChI=1S/C19H21NO4/c1-23-16-4-2-3-13(9-16)10-19(22)20-12-17(21)14-5-6-18-15(11-14)7-8-24-18/h2-6,9,11,17,21H,7-8,10,12H2,1H3,(H,20,22). The van der Waals surface area contributed by atoms with E-state index >= 15 is 0 Å². The molecule has 5 nitrogen and oxygen atoms in total. The molecule has 1 heterocycles. The van der Waals surface area contributed by atoms with Gasteiger partial charge in [0.05, 0.1) is 26.2 Å². The molecular formula is C19H21NO4. The number of rotatable bonds is 6. The molecule has 5 heteroatoms. The zero-order chi connectivity index (χ0) is 16.9. The van der Waals surface area contributed by atoms with E-state index in [-0.39, 0.29) is 18.9 Å². The van der Waals surface area contributed by atoms with Gasteiger partial charge in [-0.3, -0.25) is 4.79 Å². The normalized spacial score (nSPS) is 13.8. The summed E-state index contributed by atoms with van der Waals surface area (Å²) in [6.45, 7) is 0.870. The van der Waals surface area contributed by atoms with Crippen molar-refractivity contribution in [1.82, 2.24) is 5.32 Å². The fourth-order valence-electron chi connectivity index (χ4n) is 2.77. The van der Waals surface area contributed by atoms with Crippen molar-refractivity contribution in [2.75, 3.05) is 20.3 Å². The van der Waals surface area contributed by atoms with Gasteiger partial charge in [0.1, 0.15) is 11.5 Å². The van der Waals surface area contributed by atoms with Gasteiger partial charge in [-0.15, -0.1) is 0 Å². The largest absolute Gasteiger partial charge is 0.497 e. The number of methoxy groups -OCH3 is 1. The molecule has 0 saturated heterocycles. The number of carbonyl (C=O) groups excluding carboxylic acids is 1. The number of carbonyl (C=O) groups is 1. The Bertz CT molecular complexity index is 729. The fraction of sp³-hybridized carbons (Fsp3) is 0.316. The highest BCUT2D eigenvalue weighted by molar-refractivity contribution is 5.78. The summed E-state index contributed by atoms with van der Waals surface area (Å²) in [6, 6.07) is 13.0. The Labute approximate surface area is 141 Å². The van der Waals surface area contributed by atoms with Crippen LogP contribution in [0.2, 0.25) is 0 Å². The number of nitrogens with one attached hydrogen (secondary N) is 1. The molecule has 1 unspecified atom stereocenters. The number of hydrogen-bond acceptors (Lipinski definition) is 4. The van der Waals surface area contributed by atoms with Gasteiger partial charge in [-0.2, -0.15) is 0 Å². The summed E-state index contributed by atoms with van der Waals surface area (Å²) < 4.78 is 10.6. The molecule has 0 spiro atoms. The van der Waals surface area contributed by atoms with Crippen LogP contribution in [-0.4, -0.2) is 31.3 Å². The lowest BCUT2D eigenvalue weighted by Crippen LogP contribution is -2.29. The van der Waals surface area contributed by atoms with Gasteiger partial charge in [-0.25, -0.2) is 0 Å². The van der Waals surface area contributed by atoms with Crippen molar-refractivity contribution in [1.29, 1.82) is 0 Å². The quantitative estimate of drug-likeness (QED) is 0.852. The third-order valence-electron chi connectivity index (χ3n) is 4.09. The van der Waals surface area contributed by atoms with Gasteiger partial charge in [-0.05, 0) is 41.0 Å². The van der Waals surface area contributed by atoms with E-state index in [9.17, 15) is 9.90 Å². The second kappa shape index (κ2) is 7.36. The van der Waals surface area contributed by atoms with Crippen LogP contribution >= 0.6 is 0 Å². The second-order valence-corrected chi connectivity index (χ2v) is 5.81. The maximum atomic E-state index is 12.1. The van der Waals surface area contributed by atoms with Gasteiger partial charge in [0.15, 0.2) is 0 Å². The van der Waals surface area contributed by atoms with E-state index in [2.05, 4.69) is 5.32 Å². The number of hydrogen-bond donors (Lipinski definition) is 2. The van der Waals surface area contributed by atoms with Gasteiger partial charge in [0.25, 0.3) is 0 Å². The molecular weight excluding hydrogens is 306 g/mol. The third kappa shape index (κ3) is 3.86. The molecule has 1 aliphatic rings. The highest BCUT2D eigenvalue weighted by Crippen LogP contribution is 2.28. The SMILES string of the molecule is COc1cccc(CC(=O)NCC(O)c2ccc3c(c2)CCO3)c1. The Morgan fingerprint density at radius 3 is 3.04 bits per heavy atom. The van der Waals surface area contributed by atoms with Crippen LogP contribution in [-0.2, 0) is 17.6 Å². The summed E-state index contributed by atoms with van der Waals surface area (Å²) in [5.41, 5.74) is 2.77. The average Bonchev–Trinajstić information content (AvgIpc) is 3.07. The zero-order valence-corrected chi connectivity index (χ0v) is 13.6. The number of amides is 1. The Morgan fingerprint density at radius 2 is 2.21 bits per heavy atom. The number of fused-ring (bicyclic) bond motifs is 1. The van der Waals surface area contributed by atoms with E-state index in [0.717, 1.165) is 34.6 Å². The van der Waals surface area contributed by atoms with Gasteiger partial charge in [0.2, 0.25) is 5.91 Å². The number of ether oxygens (including phenoxy) is 2. The van der Waals surface area contributed by atoms with Crippen LogP contribution in [0.25, 0.3) is 0 Å². The lowest BCUT2D eigenvalue weighted by Gasteiger charge is -2.13. The summed E-state index contributed by atoms with van der Waals surface area (Å²) in [5, 5.41) is 13.0. The molecule has 1 amide bonds. The molecule has 1 atom stereocenters. The van der Waals surface area contributed by atoms with Crippen molar-refractivity contribution < 1.29 is 19.4 Å². The summed E-state index contributed by atoms with van der Waals surface area (Å²) >= 11 is 0. The van der Waals surface area contributed by atoms with Crippen LogP contribution < -0.4 is 14.8 Å². The number of aliphatic hydroxyl groups excluding tert-OH is 1. The van der Waals surface area contributed by atoms with E-state index in [1.165, 1.54) is 0 Å². The van der Waals surface area contributed by atoms with Crippen LogP contribution in [0.1, 0.15) is 22.8 Å². The van der Waals surface area contributed by atoms with E-state index in [1.54, 1.807) is 7.11 Å². The molecule has 3 rings (SSSR count). The predicted molar refractivity (Wildman–Crippen MR) is 90.3 cm³/mol. The van der Waals surface area contributed by atoms with E-state index < -0.39 is 6.10 Å². The minimum absolute atomic E-state index is 0.133. The monoisotopic (exact) mass is 327 g/mol. The molecule has 2 aromatic rings. The average molecular weight is 327 g/mol. The van der Waals surface area contributed by atoms with E-state index in [0.29, 0.717) is 6.61 Å². The smallest absolute Gasteiger partial charge is 0.224 e. The first-order valence-electron chi connectivity index (χ1n) is 7.99.